The van der Waals surface area contributed by atoms with Gasteiger partial charge in [-0.15, -0.1) is 0 Å². The first kappa shape index (κ1) is 17.3. The monoisotopic (exact) mass is 321 g/mol. The van der Waals surface area contributed by atoms with Crippen LogP contribution in [0.25, 0.3) is 10.9 Å². The quantitative estimate of drug-likeness (QED) is 0.621. The summed E-state index contributed by atoms with van der Waals surface area (Å²) in [6.07, 6.45) is 1.42. The average Bonchev–Trinajstić information content (AvgIpc) is 2.94. The van der Waals surface area contributed by atoms with E-state index in [-0.39, 0.29) is 19.0 Å². The number of esters is 1. The van der Waals surface area contributed by atoms with Crippen molar-refractivity contribution < 1.29 is 24.7 Å². The molecule has 6 nitrogen and oxygen atoms in total. The van der Waals surface area contributed by atoms with Gasteiger partial charge in [0.1, 0.15) is 25.0 Å². The molecule has 0 aliphatic heterocycles. The molecule has 1 aromatic carbocycles. The maximum atomic E-state index is 11.5. The minimum absolute atomic E-state index is 0.181. The van der Waals surface area contributed by atoms with Crippen LogP contribution in [0.3, 0.4) is 0 Å². The summed E-state index contributed by atoms with van der Waals surface area (Å²) >= 11 is 0. The zero-order valence-corrected chi connectivity index (χ0v) is 13.8. The fourth-order valence-electron chi connectivity index (χ4n) is 2.39. The molecule has 0 bridgehead atoms. The first-order valence-corrected chi connectivity index (χ1v) is 7.81. The molecule has 0 spiro atoms. The molecule has 1 aromatic heterocycles. The van der Waals surface area contributed by atoms with E-state index in [1.807, 2.05) is 18.2 Å². The molecule has 4 N–H and O–H groups in total. The molecular weight excluding hydrogens is 296 g/mol. The van der Waals surface area contributed by atoms with Gasteiger partial charge in [0.25, 0.3) is 0 Å². The largest absolute Gasteiger partial charge is 0.490 e. The molecule has 1 unspecified atom stereocenters. The van der Waals surface area contributed by atoms with E-state index in [2.05, 4.69) is 24.1 Å². The molecule has 0 aliphatic carbocycles. The number of nitrogens with one attached hydrogen (secondary N) is 1. The second kappa shape index (κ2) is 7.99. The Morgan fingerprint density at radius 1 is 1.39 bits per heavy atom. The number of ether oxygens (including phenoxy) is 2. The summed E-state index contributed by atoms with van der Waals surface area (Å²) in [6, 6.07) is 6.08. The first-order valence-electron chi connectivity index (χ1n) is 7.81. The van der Waals surface area contributed by atoms with Gasteiger partial charge in [-0.25, -0.2) is 0 Å². The van der Waals surface area contributed by atoms with E-state index in [0.29, 0.717) is 18.3 Å². The van der Waals surface area contributed by atoms with E-state index in [1.165, 1.54) is 7.11 Å². The van der Waals surface area contributed by atoms with E-state index in [4.69, 9.17) is 9.47 Å². The van der Waals surface area contributed by atoms with Gasteiger partial charge in [-0.05, 0) is 31.5 Å². The Balaban J connectivity index is 2.10. The summed E-state index contributed by atoms with van der Waals surface area (Å²) in [4.78, 5) is 14.7. The SMILES string of the molecule is COC(=O)Cc1c[nH]c2cccc(OCC(O)C[NH2+]C(C)C)c12. The summed E-state index contributed by atoms with van der Waals surface area (Å²) in [7, 11) is 1.37. The molecule has 0 amide bonds. The van der Waals surface area contributed by atoms with E-state index in [9.17, 15) is 9.90 Å². The predicted octanol–water partition coefficient (Wildman–Crippen LogP) is 0.595. The van der Waals surface area contributed by atoms with Crippen molar-refractivity contribution in [3.63, 3.8) is 0 Å². The van der Waals surface area contributed by atoms with Crippen LogP contribution in [-0.4, -0.2) is 48.5 Å². The number of hydrogen-bond acceptors (Lipinski definition) is 4. The van der Waals surface area contributed by atoms with Crippen molar-refractivity contribution in [2.24, 2.45) is 0 Å². The number of methoxy groups -OCH3 is 1. The smallest absolute Gasteiger partial charge is 0.310 e. The number of carbonyl (C=O) groups is 1. The molecule has 0 radical (unpaired) electrons. The Morgan fingerprint density at radius 3 is 2.87 bits per heavy atom. The van der Waals surface area contributed by atoms with Crippen LogP contribution in [0.4, 0.5) is 0 Å². The van der Waals surface area contributed by atoms with Gasteiger partial charge in [0.2, 0.25) is 0 Å². The van der Waals surface area contributed by atoms with Gasteiger partial charge in [-0.3, -0.25) is 4.79 Å². The van der Waals surface area contributed by atoms with Gasteiger partial charge in [-0.2, -0.15) is 0 Å². The topological polar surface area (TPSA) is 88.2 Å². The molecule has 126 valence electrons. The molecule has 2 aromatic rings. The average molecular weight is 321 g/mol. The number of carbonyl (C=O) groups excluding carboxylic acids is 1. The van der Waals surface area contributed by atoms with E-state index >= 15 is 0 Å². The summed E-state index contributed by atoms with van der Waals surface area (Å²) in [5.74, 6) is 0.360. The number of rotatable bonds is 8. The van der Waals surface area contributed by atoms with Crippen LogP contribution >= 0.6 is 0 Å². The normalized spacial score (nSPS) is 12.6. The third-order valence-electron chi connectivity index (χ3n) is 3.62. The van der Waals surface area contributed by atoms with Crippen molar-refractivity contribution in [2.75, 3.05) is 20.3 Å². The number of aliphatic hydroxyl groups is 1. The predicted molar refractivity (Wildman–Crippen MR) is 87.4 cm³/mol. The Labute approximate surface area is 135 Å². The molecule has 23 heavy (non-hydrogen) atoms. The van der Waals surface area contributed by atoms with Crippen LogP contribution in [0, 0.1) is 0 Å². The Kier molecular flexibility index (Phi) is 6.01. The number of benzene rings is 1. The van der Waals surface area contributed by atoms with Crippen LogP contribution in [0.15, 0.2) is 24.4 Å². The maximum Gasteiger partial charge on any atom is 0.310 e. The van der Waals surface area contributed by atoms with Gasteiger partial charge < -0.3 is 24.9 Å². The third kappa shape index (κ3) is 4.71. The fourth-order valence-corrected chi connectivity index (χ4v) is 2.39. The van der Waals surface area contributed by atoms with Gasteiger partial charge >= 0.3 is 5.97 Å². The second-order valence-corrected chi connectivity index (χ2v) is 5.93. The zero-order valence-electron chi connectivity index (χ0n) is 13.8. The Bertz CT molecular complexity index is 651. The lowest BCUT2D eigenvalue weighted by Gasteiger charge is -2.14. The Morgan fingerprint density at radius 2 is 2.17 bits per heavy atom. The van der Waals surface area contributed by atoms with Crippen molar-refractivity contribution in [1.82, 2.24) is 4.98 Å². The lowest BCUT2D eigenvalue weighted by molar-refractivity contribution is -0.688. The molecule has 0 aliphatic rings. The minimum atomic E-state index is -0.546. The van der Waals surface area contributed by atoms with Crippen LogP contribution in [0.1, 0.15) is 19.4 Å². The molecular formula is C17H25N2O4+. The van der Waals surface area contributed by atoms with Crippen LogP contribution in [-0.2, 0) is 16.0 Å². The van der Waals surface area contributed by atoms with E-state index in [1.54, 1.807) is 6.20 Å². The summed E-state index contributed by atoms with van der Waals surface area (Å²) in [5, 5.41) is 12.9. The zero-order chi connectivity index (χ0) is 16.8. The molecule has 0 fully saturated rings. The van der Waals surface area contributed by atoms with Crippen molar-refractivity contribution >= 4 is 16.9 Å². The highest BCUT2D eigenvalue weighted by Crippen LogP contribution is 2.29. The van der Waals surface area contributed by atoms with Gasteiger partial charge in [0.05, 0.1) is 19.6 Å². The number of nitrogens with two attached hydrogens (primary N) is 1. The van der Waals surface area contributed by atoms with Crippen molar-refractivity contribution in [2.45, 2.75) is 32.4 Å². The molecule has 1 atom stereocenters. The third-order valence-corrected chi connectivity index (χ3v) is 3.62. The standard InChI is InChI=1S/C17H24N2O4/c1-11(2)18-9-13(20)10-23-15-6-4-5-14-17(15)12(8-19-14)7-16(21)22-3/h4-6,8,11,13,18-20H,7,9-10H2,1-3H3/p+1. The lowest BCUT2D eigenvalue weighted by atomic mass is 10.1. The maximum absolute atomic E-state index is 11.5. The molecule has 1 heterocycles. The molecule has 2 rings (SSSR count). The van der Waals surface area contributed by atoms with Crippen LogP contribution in [0.5, 0.6) is 5.75 Å². The minimum Gasteiger partial charge on any atom is -0.490 e. The van der Waals surface area contributed by atoms with Crippen LogP contribution in [0.2, 0.25) is 0 Å². The highest BCUT2D eigenvalue weighted by Gasteiger charge is 2.15. The highest BCUT2D eigenvalue weighted by molar-refractivity contribution is 5.92. The number of fused-ring (bicyclic) bond motifs is 1. The number of aliphatic hydroxyl groups excluding tert-OH is 1. The van der Waals surface area contributed by atoms with Gasteiger partial charge in [0, 0.05) is 17.1 Å². The number of aromatic nitrogens is 1. The number of aromatic amines is 1. The van der Waals surface area contributed by atoms with Gasteiger partial charge in [0.15, 0.2) is 0 Å². The summed E-state index contributed by atoms with van der Waals surface area (Å²) in [6.45, 7) is 4.96. The summed E-state index contributed by atoms with van der Waals surface area (Å²) in [5.41, 5.74) is 1.72. The van der Waals surface area contributed by atoms with Crippen molar-refractivity contribution in [3.8, 4) is 5.75 Å². The van der Waals surface area contributed by atoms with Gasteiger partial charge in [-0.1, -0.05) is 6.07 Å². The first-order chi connectivity index (χ1) is 11.0. The fraction of sp³-hybridized carbons (Fsp3) is 0.471. The van der Waals surface area contributed by atoms with Crippen molar-refractivity contribution in [3.05, 3.63) is 30.0 Å². The summed E-state index contributed by atoms with van der Waals surface area (Å²) < 4.78 is 10.5. The number of hydrogen-bond donors (Lipinski definition) is 3. The number of quaternary nitrogens is 1. The van der Waals surface area contributed by atoms with E-state index < -0.39 is 6.10 Å². The molecule has 0 saturated heterocycles. The number of H-pyrrole nitrogens is 1. The van der Waals surface area contributed by atoms with Crippen molar-refractivity contribution in [1.29, 1.82) is 0 Å². The van der Waals surface area contributed by atoms with Crippen LogP contribution < -0.4 is 10.1 Å². The lowest BCUT2D eigenvalue weighted by Crippen LogP contribution is -2.90. The molecule has 6 heteroatoms. The second-order valence-electron chi connectivity index (χ2n) is 5.93. The Hall–Kier alpha value is -2.05. The van der Waals surface area contributed by atoms with E-state index in [0.717, 1.165) is 16.5 Å². The highest BCUT2D eigenvalue weighted by atomic mass is 16.5. The molecule has 0 saturated carbocycles.